The lowest BCUT2D eigenvalue weighted by molar-refractivity contribution is 0.0259. The molecule has 0 aliphatic heterocycles. The van der Waals surface area contributed by atoms with Crippen LogP contribution in [0, 0.1) is 0 Å². The Balaban J connectivity index is 4.49. The molecular weight excluding hydrogens is 204 g/mol. The first-order chi connectivity index (χ1) is 7.11. The van der Waals surface area contributed by atoms with E-state index < -0.39 is 5.60 Å². The Hall–Kier alpha value is -1.03. The number of carbonyl (C=O) groups excluding carboxylic acids is 1. The largest absolute Gasteiger partial charge is 0.444 e. The van der Waals surface area contributed by atoms with Gasteiger partial charge in [-0.25, -0.2) is 4.79 Å². The zero-order valence-corrected chi connectivity index (χ0v) is 11.0. The highest BCUT2D eigenvalue weighted by Crippen LogP contribution is 2.11. The van der Waals surface area contributed by atoms with Crippen molar-refractivity contribution in [3.05, 3.63) is 12.2 Å². The maximum atomic E-state index is 11.8. The highest BCUT2D eigenvalue weighted by molar-refractivity contribution is 5.68. The van der Waals surface area contributed by atoms with E-state index in [1.165, 1.54) is 0 Å². The summed E-state index contributed by atoms with van der Waals surface area (Å²) in [5.41, 5.74) is 6.12. The monoisotopic (exact) mass is 228 g/mol. The van der Waals surface area contributed by atoms with E-state index in [0.29, 0.717) is 13.1 Å². The normalized spacial score (nSPS) is 13.1. The fourth-order valence-corrected chi connectivity index (χ4v) is 1.20. The lowest BCUT2D eigenvalue weighted by atomic mass is 10.2. The van der Waals surface area contributed by atoms with Gasteiger partial charge in [0.05, 0.1) is 0 Å². The van der Waals surface area contributed by atoms with Crippen LogP contribution in [0.25, 0.3) is 0 Å². The van der Waals surface area contributed by atoms with Crippen molar-refractivity contribution < 1.29 is 9.53 Å². The molecule has 1 unspecified atom stereocenters. The Morgan fingerprint density at radius 1 is 1.50 bits per heavy atom. The van der Waals surface area contributed by atoms with Gasteiger partial charge in [0.15, 0.2) is 0 Å². The summed E-state index contributed by atoms with van der Waals surface area (Å²) in [6, 6.07) is -0.0770. The van der Waals surface area contributed by atoms with Gasteiger partial charge in [0.25, 0.3) is 0 Å². The number of rotatable bonds is 4. The molecule has 4 heteroatoms. The van der Waals surface area contributed by atoms with Crippen molar-refractivity contribution in [2.24, 2.45) is 5.73 Å². The van der Waals surface area contributed by atoms with Gasteiger partial charge in [-0.15, -0.1) is 0 Å². The molecule has 0 heterocycles. The van der Waals surface area contributed by atoms with Crippen LogP contribution in [0.1, 0.15) is 34.6 Å². The number of hydrogen-bond donors (Lipinski definition) is 1. The Kier molecular flexibility index (Phi) is 5.51. The molecule has 4 nitrogen and oxygen atoms in total. The maximum absolute atomic E-state index is 11.8. The van der Waals surface area contributed by atoms with E-state index in [1.807, 2.05) is 34.6 Å². The van der Waals surface area contributed by atoms with Gasteiger partial charge in [-0.05, 0) is 34.6 Å². The molecule has 0 aliphatic carbocycles. The third-order valence-electron chi connectivity index (χ3n) is 1.62. The van der Waals surface area contributed by atoms with E-state index in [2.05, 4.69) is 6.58 Å². The first-order valence-corrected chi connectivity index (χ1v) is 5.49. The van der Waals surface area contributed by atoms with Crippen LogP contribution in [-0.4, -0.2) is 35.7 Å². The minimum Gasteiger partial charge on any atom is -0.444 e. The molecule has 0 aromatic rings. The van der Waals surface area contributed by atoms with Crippen LogP contribution < -0.4 is 5.73 Å². The molecule has 0 aromatic heterocycles. The highest BCUT2D eigenvalue weighted by atomic mass is 16.6. The Morgan fingerprint density at radius 2 is 2.00 bits per heavy atom. The predicted molar refractivity (Wildman–Crippen MR) is 66.3 cm³/mol. The molecule has 0 fully saturated rings. The van der Waals surface area contributed by atoms with Crippen LogP contribution in [-0.2, 0) is 4.74 Å². The van der Waals surface area contributed by atoms with Crippen molar-refractivity contribution in [1.82, 2.24) is 4.90 Å². The summed E-state index contributed by atoms with van der Waals surface area (Å²) in [7, 11) is 0. The molecule has 16 heavy (non-hydrogen) atoms. The third kappa shape index (κ3) is 7.29. The van der Waals surface area contributed by atoms with Crippen LogP contribution in [0.2, 0.25) is 0 Å². The van der Waals surface area contributed by atoms with E-state index in [0.717, 1.165) is 5.57 Å². The lowest BCUT2D eigenvalue weighted by Crippen LogP contribution is -2.43. The predicted octanol–water partition coefficient (Wildman–Crippen LogP) is 2.15. The molecule has 0 rings (SSSR count). The van der Waals surface area contributed by atoms with Crippen molar-refractivity contribution in [2.75, 3.05) is 13.1 Å². The second-order valence-electron chi connectivity index (χ2n) is 5.30. The summed E-state index contributed by atoms with van der Waals surface area (Å²) >= 11 is 0. The number of nitrogens with two attached hydrogens (primary N) is 1. The smallest absolute Gasteiger partial charge is 0.410 e. The average Bonchev–Trinajstić information content (AvgIpc) is 1.97. The molecule has 0 radical (unpaired) electrons. The van der Waals surface area contributed by atoms with Gasteiger partial charge in [0.1, 0.15) is 5.60 Å². The van der Waals surface area contributed by atoms with Gasteiger partial charge in [0.2, 0.25) is 0 Å². The quantitative estimate of drug-likeness (QED) is 0.750. The van der Waals surface area contributed by atoms with Crippen LogP contribution in [0.3, 0.4) is 0 Å². The van der Waals surface area contributed by atoms with Crippen LogP contribution >= 0.6 is 0 Å². The van der Waals surface area contributed by atoms with Crippen LogP contribution in [0.15, 0.2) is 12.2 Å². The number of amides is 1. The first-order valence-electron chi connectivity index (χ1n) is 5.49. The van der Waals surface area contributed by atoms with Crippen molar-refractivity contribution in [2.45, 2.75) is 46.3 Å². The Labute approximate surface area is 98.4 Å². The number of hydrogen-bond acceptors (Lipinski definition) is 3. The standard InChI is InChI=1S/C12H24N2O2/c1-9(2)7-14(8-10(3)13)11(15)16-12(4,5)6/h10H,1,7-8,13H2,2-6H3. The fraction of sp³-hybridized carbons (Fsp3) is 0.750. The molecule has 2 N–H and O–H groups in total. The van der Waals surface area contributed by atoms with E-state index in [1.54, 1.807) is 4.90 Å². The van der Waals surface area contributed by atoms with Gasteiger partial charge in [0, 0.05) is 19.1 Å². The van der Waals surface area contributed by atoms with Gasteiger partial charge < -0.3 is 15.4 Å². The summed E-state index contributed by atoms with van der Waals surface area (Å²) in [4.78, 5) is 13.4. The van der Waals surface area contributed by atoms with Gasteiger partial charge in [-0.3, -0.25) is 0 Å². The van der Waals surface area contributed by atoms with E-state index >= 15 is 0 Å². The zero-order chi connectivity index (χ0) is 12.9. The lowest BCUT2D eigenvalue weighted by Gasteiger charge is -2.28. The molecule has 1 amide bonds. The van der Waals surface area contributed by atoms with Crippen molar-refractivity contribution in [3.63, 3.8) is 0 Å². The highest BCUT2D eigenvalue weighted by Gasteiger charge is 2.22. The maximum Gasteiger partial charge on any atom is 0.410 e. The Bertz CT molecular complexity index is 254. The number of carbonyl (C=O) groups is 1. The van der Waals surface area contributed by atoms with E-state index in [9.17, 15) is 4.79 Å². The molecule has 0 saturated carbocycles. The van der Waals surface area contributed by atoms with E-state index in [4.69, 9.17) is 10.5 Å². The summed E-state index contributed by atoms with van der Waals surface area (Å²) < 4.78 is 5.29. The average molecular weight is 228 g/mol. The summed E-state index contributed by atoms with van der Waals surface area (Å²) in [6.45, 7) is 14.0. The molecular formula is C12H24N2O2. The van der Waals surface area contributed by atoms with Gasteiger partial charge >= 0.3 is 6.09 Å². The van der Waals surface area contributed by atoms with Gasteiger partial charge in [-0.2, -0.15) is 0 Å². The summed E-state index contributed by atoms with van der Waals surface area (Å²) in [5.74, 6) is 0. The molecule has 0 bridgehead atoms. The van der Waals surface area contributed by atoms with Crippen molar-refractivity contribution >= 4 is 6.09 Å². The molecule has 0 aromatic carbocycles. The summed E-state index contributed by atoms with van der Waals surface area (Å²) in [5, 5.41) is 0. The zero-order valence-electron chi connectivity index (χ0n) is 11.0. The van der Waals surface area contributed by atoms with E-state index in [-0.39, 0.29) is 12.1 Å². The topological polar surface area (TPSA) is 55.6 Å². The third-order valence-corrected chi connectivity index (χ3v) is 1.62. The number of ether oxygens (including phenoxy) is 1. The number of nitrogens with zero attached hydrogens (tertiary/aromatic N) is 1. The second kappa shape index (κ2) is 5.89. The SMILES string of the molecule is C=C(C)CN(CC(C)N)C(=O)OC(C)(C)C. The Morgan fingerprint density at radius 3 is 2.31 bits per heavy atom. The molecule has 0 spiro atoms. The minimum absolute atomic E-state index is 0.0770. The van der Waals surface area contributed by atoms with Crippen molar-refractivity contribution in [1.29, 1.82) is 0 Å². The fourth-order valence-electron chi connectivity index (χ4n) is 1.20. The molecule has 94 valence electrons. The minimum atomic E-state index is -0.484. The molecule has 1 atom stereocenters. The summed E-state index contributed by atoms with van der Waals surface area (Å²) in [6.07, 6.45) is -0.340. The molecule has 0 aliphatic rings. The van der Waals surface area contributed by atoms with Crippen LogP contribution in [0.5, 0.6) is 0 Å². The van der Waals surface area contributed by atoms with Gasteiger partial charge in [-0.1, -0.05) is 12.2 Å². The van der Waals surface area contributed by atoms with Crippen molar-refractivity contribution in [3.8, 4) is 0 Å². The molecule has 0 saturated heterocycles. The van der Waals surface area contributed by atoms with Crippen LogP contribution in [0.4, 0.5) is 4.79 Å². The first kappa shape index (κ1) is 15.0. The second-order valence-corrected chi connectivity index (χ2v) is 5.30.